The second kappa shape index (κ2) is 17.1. The van der Waals surface area contributed by atoms with Crippen molar-refractivity contribution >= 4 is 16.2 Å². The monoisotopic (exact) mass is 613 g/mol. The molecule has 1 amide bonds. The predicted molar refractivity (Wildman–Crippen MR) is 161 cm³/mol. The second-order valence-corrected chi connectivity index (χ2v) is 11.4. The van der Waals surface area contributed by atoms with Crippen LogP contribution in [0, 0.1) is 6.92 Å². The Morgan fingerprint density at radius 1 is 0.674 bits per heavy atom. The van der Waals surface area contributed by atoms with Crippen molar-refractivity contribution in [2.45, 2.75) is 17.7 Å². The summed E-state index contributed by atoms with van der Waals surface area (Å²) in [7, 11) is -3.78. The number of benzene rings is 3. The number of fused-ring (bicyclic) bond motifs is 3. The molecule has 4 rings (SSSR count). The minimum atomic E-state index is -3.78. The summed E-state index contributed by atoms with van der Waals surface area (Å²) >= 11 is 0. The molecule has 3 aromatic carbocycles. The highest BCUT2D eigenvalue weighted by Gasteiger charge is 2.28. The Hall–Kier alpha value is -3.32. The topological polar surface area (TPSA) is 119 Å². The standard InChI is InChI=1S/C32H39NO9S/c1-25-10-12-26(13-11-25)43(35,36)42-23-22-40-21-20-39-19-18-38-17-16-37-15-14-33-32(34)41-24-31-29-8-4-2-6-27(29)28-7-3-5-9-30(28)31/h2-13,31H,14-24H2,1H3,(H,33,34). The Morgan fingerprint density at radius 2 is 1.16 bits per heavy atom. The summed E-state index contributed by atoms with van der Waals surface area (Å²) < 4.78 is 56.4. The SMILES string of the molecule is Cc1ccc(S(=O)(=O)OCCOCCOCCOCCOCCNC(=O)OCC2c3ccccc3-c3ccccc32)cc1. The summed E-state index contributed by atoms with van der Waals surface area (Å²) in [6.45, 7) is 5.16. The zero-order valence-corrected chi connectivity index (χ0v) is 25.2. The molecule has 0 fully saturated rings. The van der Waals surface area contributed by atoms with E-state index < -0.39 is 16.2 Å². The van der Waals surface area contributed by atoms with Crippen molar-refractivity contribution in [1.29, 1.82) is 0 Å². The lowest BCUT2D eigenvalue weighted by molar-refractivity contribution is -0.00408. The van der Waals surface area contributed by atoms with Gasteiger partial charge in [-0.1, -0.05) is 66.2 Å². The molecule has 0 bridgehead atoms. The van der Waals surface area contributed by atoms with E-state index in [0.29, 0.717) is 52.8 Å². The first kappa shape index (κ1) is 32.6. The number of carbonyl (C=O) groups excluding carboxylic acids is 1. The normalized spacial score (nSPS) is 12.6. The quantitative estimate of drug-likeness (QED) is 0.156. The van der Waals surface area contributed by atoms with Crippen LogP contribution in [0.4, 0.5) is 4.79 Å². The molecule has 3 aromatic rings. The molecule has 43 heavy (non-hydrogen) atoms. The number of carbonyl (C=O) groups is 1. The molecule has 0 aliphatic heterocycles. The lowest BCUT2D eigenvalue weighted by atomic mass is 9.98. The van der Waals surface area contributed by atoms with E-state index in [2.05, 4.69) is 29.6 Å². The molecular formula is C32H39NO9S. The molecule has 0 unspecified atom stereocenters. The van der Waals surface area contributed by atoms with Crippen molar-refractivity contribution in [3.8, 4) is 11.1 Å². The molecule has 0 spiro atoms. The minimum absolute atomic E-state index is 0.0264. The van der Waals surface area contributed by atoms with Gasteiger partial charge in [-0.05, 0) is 41.3 Å². The summed E-state index contributed by atoms with van der Waals surface area (Å²) in [5, 5.41) is 2.72. The second-order valence-electron chi connectivity index (χ2n) is 9.79. The van der Waals surface area contributed by atoms with Gasteiger partial charge in [-0.15, -0.1) is 0 Å². The Balaban J connectivity index is 0.931. The van der Waals surface area contributed by atoms with E-state index in [1.165, 1.54) is 34.4 Å². The van der Waals surface area contributed by atoms with E-state index in [0.717, 1.165) is 5.56 Å². The van der Waals surface area contributed by atoms with Gasteiger partial charge >= 0.3 is 6.09 Å². The highest BCUT2D eigenvalue weighted by Crippen LogP contribution is 2.44. The van der Waals surface area contributed by atoms with Crippen LogP contribution in [-0.4, -0.2) is 87.1 Å². The smallest absolute Gasteiger partial charge is 0.407 e. The summed E-state index contributed by atoms with van der Waals surface area (Å²) in [4.78, 5) is 12.3. The van der Waals surface area contributed by atoms with Crippen molar-refractivity contribution in [2.75, 3.05) is 72.6 Å². The molecule has 10 nitrogen and oxygen atoms in total. The van der Waals surface area contributed by atoms with Crippen LogP contribution < -0.4 is 5.32 Å². The van der Waals surface area contributed by atoms with Gasteiger partial charge in [-0.2, -0.15) is 8.42 Å². The van der Waals surface area contributed by atoms with E-state index >= 15 is 0 Å². The summed E-state index contributed by atoms with van der Waals surface area (Å²) in [5.41, 5.74) is 5.70. The predicted octanol–water partition coefficient (Wildman–Crippen LogP) is 4.31. The molecule has 11 heteroatoms. The van der Waals surface area contributed by atoms with Gasteiger partial charge in [0.25, 0.3) is 10.1 Å². The van der Waals surface area contributed by atoms with Crippen LogP contribution in [0.5, 0.6) is 0 Å². The van der Waals surface area contributed by atoms with Crippen molar-refractivity contribution in [1.82, 2.24) is 5.32 Å². The van der Waals surface area contributed by atoms with Gasteiger partial charge in [0.05, 0.1) is 64.4 Å². The first-order chi connectivity index (χ1) is 21.0. The number of hydrogen-bond acceptors (Lipinski definition) is 9. The molecule has 0 atom stereocenters. The number of hydrogen-bond donors (Lipinski definition) is 1. The maximum atomic E-state index is 12.2. The molecule has 1 aliphatic carbocycles. The Bertz CT molecular complexity index is 1350. The fourth-order valence-corrected chi connectivity index (χ4v) is 5.51. The van der Waals surface area contributed by atoms with Gasteiger partial charge in [-0.25, -0.2) is 4.79 Å². The fourth-order valence-electron chi connectivity index (χ4n) is 4.61. The summed E-state index contributed by atoms with van der Waals surface area (Å²) in [5.74, 6) is 0.0264. The molecular weight excluding hydrogens is 574 g/mol. The Kier molecular flexibility index (Phi) is 13.0. The van der Waals surface area contributed by atoms with Crippen molar-refractivity contribution in [2.24, 2.45) is 0 Å². The molecule has 0 heterocycles. The first-order valence-electron chi connectivity index (χ1n) is 14.3. The van der Waals surface area contributed by atoms with Crippen LogP contribution in [0.25, 0.3) is 11.1 Å². The minimum Gasteiger partial charge on any atom is -0.449 e. The number of alkyl carbamates (subject to hydrolysis) is 1. The Morgan fingerprint density at radius 3 is 1.72 bits per heavy atom. The van der Waals surface area contributed by atoms with Crippen molar-refractivity contribution < 1.29 is 41.1 Å². The van der Waals surface area contributed by atoms with Gasteiger partial charge < -0.3 is 29.0 Å². The Labute approximate surface area is 253 Å². The van der Waals surface area contributed by atoms with E-state index in [-0.39, 0.29) is 30.6 Å². The first-order valence-corrected chi connectivity index (χ1v) is 15.7. The van der Waals surface area contributed by atoms with Crippen molar-refractivity contribution in [3.05, 3.63) is 89.5 Å². The van der Waals surface area contributed by atoms with Crippen LogP contribution >= 0.6 is 0 Å². The fraction of sp³-hybridized carbons (Fsp3) is 0.406. The highest BCUT2D eigenvalue weighted by molar-refractivity contribution is 7.86. The molecule has 0 radical (unpaired) electrons. The largest absolute Gasteiger partial charge is 0.449 e. The number of nitrogens with one attached hydrogen (secondary N) is 1. The van der Waals surface area contributed by atoms with Gasteiger partial charge in [0.2, 0.25) is 0 Å². The average molecular weight is 614 g/mol. The van der Waals surface area contributed by atoms with E-state index in [9.17, 15) is 13.2 Å². The molecule has 0 aromatic heterocycles. The maximum absolute atomic E-state index is 12.2. The number of ether oxygens (including phenoxy) is 5. The van der Waals surface area contributed by atoms with Gasteiger partial charge in [0, 0.05) is 12.5 Å². The van der Waals surface area contributed by atoms with E-state index in [1.54, 1.807) is 12.1 Å². The maximum Gasteiger partial charge on any atom is 0.407 e. The third-order valence-corrected chi connectivity index (χ3v) is 8.08. The number of amides is 1. The van der Waals surface area contributed by atoms with E-state index in [4.69, 9.17) is 27.9 Å². The van der Waals surface area contributed by atoms with Crippen molar-refractivity contribution in [3.63, 3.8) is 0 Å². The van der Waals surface area contributed by atoms with Crippen LogP contribution in [0.15, 0.2) is 77.7 Å². The lowest BCUT2D eigenvalue weighted by Gasteiger charge is -2.14. The van der Waals surface area contributed by atoms with Crippen LogP contribution in [0.1, 0.15) is 22.6 Å². The molecule has 232 valence electrons. The molecule has 0 saturated carbocycles. The van der Waals surface area contributed by atoms with Crippen LogP contribution in [-0.2, 0) is 38.0 Å². The van der Waals surface area contributed by atoms with Crippen LogP contribution in [0.3, 0.4) is 0 Å². The highest BCUT2D eigenvalue weighted by atomic mass is 32.2. The summed E-state index contributed by atoms with van der Waals surface area (Å²) in [6.07, 6.45) is -0.470. The van der Waals surface area contributed by atoms with Gasteiger partial charge in [0.15, 0.2) is 0 Å². The number of rotatable bonds is 19. The third kappa shape index (κ3) is 10.1. The number of aryl methyl sites for hydroxylation is 1. The zero-order valence-electron chi connectivity index (χ0n) is 24.4. The van der Waals surface area contributed by atoms with Gasteiger partial charge in [-0.3, -0.25) is 4.18 Å². The zero-order chi connectivity index (χ0) is 30.3. The molecule has 0 saturated heterocycles. The third-order valence-electron chi connectivity index (χ3n) is 6.75. The lowest BCUT2D eigenvalue weighted by Crippen LogP contribution is -2.29. The molecule has 1 N–H and O–H groups in total. The average Bonchev–Trinajstić information content (AvgIpc) is 3.33. The van der Waals surface area contributed by atoms with E-state index in [1.807, 2.05) is 31.2 Å². The van der Waals surface area contributed by atoms with Crippen LogP contribution in [0.2, 0.25) is 0 Å². The molecule has 1 aliphatic rings. The van der Waals surface area contributed by atoms with Gasteiger partial charge in [0.1, 0.15) is 6.61 Å². The summed E-state index contributed by atoms with van der Waals surface area (Å²) in [6, 6.07) is 22.9.